The molecular formula is H8BrKO9P2. The van der Waals surface area contributed by atoms with Crippen LogP contribution < -0.4 is 68.4 Å². The Morgan fingerprint density at radius 3 is 1.00 bits per heavy atom. The fourth-order valence-electron chi connectivity index (χ4n) is 0.139. The van der Waals surface area contributed by atoms with E-state index in [0.29, 0.717) is 0 Å². The van der Waals surface area contributed by atoms with Crippen molar-refractivity contribution in [2.75, 3.05) is 0 Å². The second kappa shape index (κ2) is 10.8. The van der Waals surface area contributed by atoms with Crippen molar-refractivity contribution in [2.45, 2.75) is 0 Å². The molecule has 80 valence electrons. The van der Waals surface area contributed by atoms with Gasteiger partial charge in [-0.15, -0.1) is 0 Å². The molecule has 0 fully saturated rings. The second-order valence-corrected chi connectivity index (χ2v) is 3.68. The first kappa shape index (κ1) is 29.5. The Hall–Kier alpha value is 2.30. The molecule has 0 aliphatic heterocycles. The minimum absolute atomic E-state index is 0. The zero-order chi connectivity index (χ0) is 7.71. The molecule has 0 rings (SSSR count). The molecule has 9 nitrogen and oxygen atoms in total. The molecule has 0 aromatic carbocycles. The van der Waals surface area contributed by atoms with Crippen molar-refractivity contribution >= 4 is 15.6 Å². The molecule has 0 unspecified atom stereocenters. The van der Waals surface area contributed by atoms with Crippen molar-refractivity contribution in [3.63, 3.8) is 0 Å². The van der Waals surface area contributed by atoms with Gasteiger partial charge in [0.15, 0.2) is 0 Å². The molecule has 0 aliphatic rings. The Balaban J connectivity index is -0.0000000533. The van der Waals surface area contributed by atoms with Gasteiger partial charge >= 0.3 is 67.0 Å². The van der Waals surface area contributed by atoms with Crippen LogP contribution >= 0.6 is 15.6 Å². The van der Waals surface area contributed by atoms with Gasteiger partial charge in [-0.3, -0.25) is 0 Å². The van der Waals surface area contributed by atoms with Crippen molar-refractivity contribution in [3.8, 4) is 0 Å². The smallest absolute Gasteiger partial charge is 1.00 e. The molecule has 0 heterocycles. The zero-order valence-electron chi connectivity index (χ0n) is 6.29. The maximum Gasteiger partial charge on any atom is 1.00 e. The minimum Gasteiger partial charge on any atom is -1.00 e. The summed E-state index contributed by atoms with van der Waals surface area (Å²) in [6, 6.07) is 0. The van der Waals surface area contributed by atoms with Gasteiger partial charge in [0, 0.05) is 0 Å². The van der Waals surface area contributed by atoms with E-state index in [0.717, 1.165) is 0 Å². The van der Waals surface area contributed by atoms with Crippen molar-refractivity contribution < 1.29 is 112 Å². The minimum atomic E-state index is -5.05. The predicted molar refractivity (Wildman–Crippen MR) is 32.4 cm³/mol. The molecule has 13 heavy (non-hydrogen) atoms. The Kier molecular flexibility index (Phi) is 24.5. The molecule has 0 aromatic rings. The summed E-state index contributed by atoms with van der Waals surface area (Å²) in [5.41, 5.74) is 0. The Labute approximate surface area is 126 Å². The first-order chi connectivity index (χ1) is 3.71. The van der Waals surface area contributed by atoms with E-state index in [9.17, 15) is 9.13 Å². The third-order valence-electron chi connectivity index (χ3n) is 0.213. The van der Waals surface area contributed by atoms with E-state index in [2.05, 4.69) is 4.31 Å². The SMILES string of the molecule is O.O.O=P(O)(O)OP(=O)(O)O.[Br-].[K+]. The number of hydrogen-bond donors (Lipinski definition) is 4. The largest absolute Gasteiger partial charge is 1.00 e. The van der Waals surface area contributed by atoms with Gasteiger partial charge in [0.2, 0.25) is 0 Å². The van der Waals surface area contributed by atoms with Crippen molar-refractivity contribution in [2.24, 2.45) is 0 Å². The molecule has 0 radical (unpaired) electrons. The molecular weight excluding hydrogens is 325 g/mol. The predicted octanol–water partition coefficient (Wildman–Crippen LogP) is -8.45. The number of halogens is 1. The molecule has 8 N–H and O–H groups in total. The average Bonchev–Trinajstić information content (AvgIpc) is 1.14. The Morgan fingerprint density at radius 2 is 1.00 bits per heavy atom. The summed E-state index contributed by atoms with van der Waals surface area (Å²) in [4.78, 5) is 31.0. The van der Waals surface area contributed by atoms with E-state index in [1.54, 1.807) is 0 Å². The van der Waals surface area contributed by atoms with Crippen LogP contribution in [0.2, 0.25) is 0 Å². The van der Waals surface area contributed by atoms with Gasteiger partial charge in [-0.2, -0.15) is 4.31 Å². The topological polar surface area (TPSA) is 187 Å². The van der Waals surface area contributed by atoms with Crippen molar-refractivity contribution in [3.05, 3.63) is 0 Å². The normalized spacial score (nSPS) is 9.54. The summed E-state index contributed by atoms with van der Waals surface area (Å²) in [5.74, 6) is 0. The average molecular weight is 333 g/mol. The molecule has 0 aliphatic carbocycles. The second-order valence-electron chi connectivity index (χ2n) is 1.06. The number of phosphoric acid groups is 2. The van der Waals surface area contributed by atoms with Crippen molar-refractivity contribution in [1.82, 2.24) is 0 Å². The summed E-state index contributed by atoms with van der Waals surface area (Å²) < 4.78 is 22.2. The van der Waals surface area contributed by atoms with Gasteiger partial charge in [0.25, 0.3) is 0 Å². The molecule has 0 bridgehead atoms. The van der Waals surface area contributed by atoms with Gasteiger partial charge in [0.1, 0.15) is 0 Å². The molecule has 0 spiro atoms. The van der Waals surface area contributed by atoms with Crippen LogP contribution in [-0.4, -0.2) is 30.5 Å². The fraction of sp³-hybridized carbons (Fsp3) is 0. The molecule has 13 heteroatoms. The van der Waals surface area contributed by atoms with Gasteiger partial charge in [-0.05, 0) is 0 Å². The van der Waals surface area contributed by atoms with E-state index in [1.807, 2.05) is 0 Å². The third kappa shape index (κ3) is 31.4. The summed E-state index contributed by atoms with van der Waals surface area (Å²) in [6.45, 7) is 0. The van der Waals surface area contributed by atoms with Crippen LogP contribution in [-0.2, 0) is 13.4 Å². The maximum absolute atomic E-state index is 9.63. The van der Waals surface area contributed by atoms with Gasteiger partial charge in [-0.25, -0.2) is 9.13 Å². The monoisotopic (exact) mass is 332 g/mol. The van der Waals surface area contributed by atoms with E-state index >= 15 is 0 Å². The first-order valence-corrected chi connectivity index (χ1v) is 4.59. The third-order valence-corrected chi connectivity index (χ3v) is 1.91. The summed E-state index contributed by atoms with van der Waals surface area (Å²) in [5, 5.41) is 0. The van der Waals surface area contributed by atoms with Gasteiger partial charge in [0.05, 0.1) is 0 Å². The van der Waals surface area contributed by atoms with Crippen LogP contribution in [0.25, 0.3) is 0 Å². The molecule has 0 saturated carbocycles. The summed E-state index contributed by atoms with van der Waals surface area (Å²) in [6.07, 6.45) is 0. The van der Waals surface area contributed by atoms with Crippen LogP contribution in [0.4, 0.5) is 0 Å². The van der Waals surface area contributed by atoms with E-state index in [1.165, 1.54) is 0 Å². The number of rotatable bonds is 2. The molecule has 0 saturated heterocycles. The van der Waals surface area contributed by atoms with Crippen LogP contribution in [0.1, 0.15) is 0 Å². The Bertz CT molecular complexity index is 158. The van der Waals surface area contributed by atoms with Crippen LogP contribution in [0, 0.1) is 0 Å². The van der Waals surface area contributed by atoms with Crippen LogP contribution in [0.15, 0.2) is 0 Å². The summed E-state index contributed by atoms with van der Waals surface area (Å²) in [7, 11) is -10.1. The van der Waals surface area contributed by atoms with Crippen LogP contribution in [0.5, 0.6) is 0 Å². The number of hydrogen-bond acceptors (Lipinski definition) is 3. The molecule has 0 atom stereocenters. The molecule has 0 aromatic heterocycles. The summed E-state index contributed by atoms with van der Waals surface area (Å²) >= 11 is 0. The first-order valence-electron chi connectivity index (χ1n) is 1.53. The van der Waals surface area contributed by atoms with Crippen molar-refractivity contribution in [1.29, 1.82) is 0 Å². The van der Waals surface area contributed by atoms with Gasteiger partial charge in [-0.1, -0.05) is 0 Å². The quantitative estimate of drug-likeness (QED) is 0.285. The standard InChI is InChI=1S/BrH.K.H4O7P2.2H2O/c;;1-8(2,3)7-9(4,5)6;;/h1H;;(H2,1,2,3)(H2,4,5,6);2*1H2/q;+1;;;/p-1. The Morgan fingerprint density at radius 1 is 0.846 bits per heavy atom. The fourth-order valence-corrected chi connectivity index (χ4v) is 1.25. The van der Waals surface area contributed by atoms with E-state index < -0.39 is 15.6 Å². The molecule has 0 amide bonds. The zero-order valence-corrected chi connectivity index (χ0v) is 12.8. The van der Waals surface area contributed by atoms with Crippen LogP contribution in [0.3, 0.4) is 0 Å². The maximum atomic E-state index is 9.63. The van der Waals surface area contributed by atoms with E-state index in [4.69, 9.17) is 19.6 Å². The van der Waals surface area contributed by atoms with E-state index in [-0.39, 0.29) is 79.3 Å². The van der Waals surface area contributed by atoms with Gasteiger partial charge < -0.3 is 47.5 Å².